The van der Waals surface area contributed by atoms with Gasteiger partial charge in [-0.05, 0) is 80.2 Å². The molecule has 1 unspecified atom stereocenters. The molecule has 9 heteroatoms. The summed E-state index contributed by atoms with van der Waals surface area (Å²) in [7, 11) is 0. The number of fused-ring (bicyclic) bond motifs is 1. The van der Waals surface area contributed by atoms with Gasteiger partial charge in [0.15, 0.2) is 5.82 Å². The highest BCUT2D eigenvalue weighted by atomic mass is 16.2. The summed E-state index contributed by atoms with van der Waals surface area (Å²) < 4.78 is 4.08. The summed E-state index contributed by atoms with van der Waals surface area (Å²) in [4.78, 5) is 20.4. The summed E-state index contributed by atoms with van der Waals surface area (Å²) in [5.74, 6) is 0.719. The van der Waals surface area contributed by atoms with E-state index in [1.54, 1.807) is 13.3 Å². The normalized spacial score (nSPS) is 15.8. The first-order chi connectivity index (χ1) is 20.3. The van der Waals surface area contributed by atoms with Gasteiger partial charge in [-0.3, -0.25) is 14.4 Å². The van der Waals surface area contributed by atoms with Crippen molar-refractivity contribution >= 4 is 17.2 Å². The van der Waals surface area contributed by atoms with E-state index in [1.165, 1.54) is 22.4 Å². The lowest BCUT2D eigenvalue weighted by atomic mass is 9.76. The van der Waals surface area contributed by atoms with Crippen LogP contribution in [0.3, 0.4) is 0 Å². The summed E-state index contributed by atoms with van der Waals surface area (Å²) >= 11 is 0. The Bertz CT molecular complexity index is 1480. The molecule has 4 heterocycles. The third kappa shape index (κ3) is 6.67. The summed E-state index contributed by atoms with van der Waals surface area (Å²) in [6, 6.07) is 12.8. The number of carbonyl (C=O) groups excluding carboxylic acids is 1. The number of anilines is 1. The smallest absolute Gasteiger partial charge is 0.219 e. The molecule has 3 aromatic heterocycles. The Morgan fingerprint density at radius 1 is 1.07 bits per heavy atom. The Morgan fingerprint density at radius 2 is 1.83 bits per heavy atom. The fourth-order valence-corrected chi connectivity index (χ4v) is 6.25. The quantitative estimate of drug-likeness (QED) is 0.249. The lowest BCUT2D eigenvalue weighted by molar-refractivity contribution is -0.130. The van der Waals surface area contributed by atoms with E-state index in [-0.39, 0.29) is 11.3 Å². The van der Waals surface area contributed by atoms with Gasteiger partial charge in [0.25, 0.3) is 0 Å². The molecule has 1 aliphatic heterocycles. The molecule has 42 heavy (non-hydrogen) atoms. The number of benzene rings is 1. The van der Waals surface area contributed by atoms with Crippen LogP contribution in [-0.2, 0) is 29.6 Å². The fourth-order valence-electron chi connectivity index (χ4n) is 6.25. The molecule has 1 atom stereocenters. The number of nitrogens with two attached hydrogens (primary N) is 1. The number of nitrogens with zero attached hydrogens (tertiary/aromatic N) is 7. The molecule has 9 nitrogen and oxygen atoms in total. The molecule has 1 fully saturated rings. The van der Waals surface area contributed by atoms with E-state index in [0.29, 0.717) is 5.82 Å². The van der Waals surface area contributed by atoms with Crippen molar-refractivity contribution in [3.63, 3.8) is 0 Å². The van der Waals surface area contributed by atoms with Gasteiger partial charge in [-0.1, -0.05) is 44.2 Å². The van der Waals surface area contributed by atoms with Crippen LogP contribution < -0.4 is 5.73 Å². The summed E-state index contributed by atoms with van der Waals surface area (Å²) in [6.45, 7) is 13.8. The van der Waals surface area contributed by atoms with E-state index in [4.69, 9.17) is 10.8 Å². The number of aryl methyl sites for hydroxylation is 3. The number of piperazine rings is 1. The van der Waals surface area contributed by atoms with Gasteiger partial charge in [-0.2, -0.15) is 10.2 Å². The SMILES string of the molecule is CCC(C)(CCc1nn(Cc2ccccc2)cc1C)c1cc(CCCCN2CCN(C(C)=O)CC2)n2ncnc(N)c12. The molecule has 1 aromatic carbocycles. The number of nitrogen functional groups attached to an aromatic ring is 1. The first kappa shape index (κ1) is 29.8. The van der Waals surface area contributed by atoms with Crippen LogP contribution >= 0.6 is 0 Å². The third-order valence-corrected chi connectivity index (χ3v) is 9.21. The van der Waals surface area contributed by atoms with Crippen LogP contribution in [-0.4, -0.2) is 72.8 Å². The van der Waals surface area contributed by atoms with Gasteiger partial charge in [-0.25, -0.2) is 9.50 Å². The number of rotatable bonds is 12. The fraction of sp³-hybridized carbons (Fsp3) is 0.515. The highest BCUT2D eigenvalue weighted by Crippen LogP contribution is 2.38. The average Bonchev–Trinajstić information content (AvgIpc) is 3.55. The van der Waals surface area contributed by atoms with Crippen LogP contribution in [0, 0.1) is 6.92 Å². The number of unbranched alkanes of at least 4 members (excludes halogenated alkanes) is 1. The van der Waals surface area contributed by atoms with Crippen molar-refractivity contribution < 1.29 is 4.79 Å². The van der Waals surface area contributed by atoms with E-state index < -0.39 is 0 Å². The van der Waals surface area contributed by atoms with Gasteiger partial charge in [0.1, 0.15) is 11.8 Å². The van der Waals surface area contributed by atoms with Gasteiger partial charge < -0.3 is 10.6 Å². The van der Waals surface area contributed by atoms with Gasteiger partial charge in [0.2, 0.25) is 5.91 Å². The molecule has 4 aromatic rings. The van der Waals surface area contributed by atoms with Crippen molar-refractivity contribution in [2.45, 2.75) is 78.2 Å². The maximum atomic E-state index is 11.6. The van der Waals surface area contributed by atoms with Crippen LogP contribution in [0.4, 0.5) is 5.82 Å². The van der Waals surface area contributed by atoms with Gasteiger partial charge in [0, 0.05) is 45.0 Å². The number of hydrogen-bond donors (Lipinski definition) is 1. The highest BCUT2D eigenvalue weighted by molar-refractivity contribution is 5.73. The Kier molecular flexibility index (Phi) is 9.26. The zero-order valence-corrected chi connectivity index (χ0v) is 25.7. The third-order valence-electron chi connectivity index (χ3n) is 9.21. The topological polar surface area (TPSA) is 97.6 Å². The van der Waals surface area contributed by atoms with E-state index >= 15 is 0 Å². The predicted molar refractivity (Wildman–Crippen MR) is 168 cm³/mol. The van der Waals surface area contributed by atoms with Crippen molar-refractivity contribution in [1.82, 2.24) is 34.2 Å². The lowest BCUT2D eigenvalue weighted by Gasteiger charge is -2.34. The van der Waals surface area contributed by atoms with Crippen LogP contribution in [0.25, 0.3) is 5.52 Å². The monoisotopic (exact) mass is 570 g/mol. The molecule has 5 rings (SSSR count). The molecular formula is C33H46N8O. The molecule has 1 amide bonds. The Balaban J connectivity index is 1.26. The van der Waals surface area contributed by atoms with E-state index in [0.717, 1.165) is 89.0 Å². The number of carbonyl (C=O) groups is 1. The minimum Gasteiger partial charge on any atom is -0.382 e. The first-order valence-corrected chi connectivity index (χ1v) is 15.4. The molecule has 2 N–H and O–H groups in total. The van der Waals surface area contributed by atoms with Crippen LogP contribution in [0.2, 0.25) is 0 Å². The van der Waals surface area contributed by atoms with Crippen molar-refractivity contribution in [3.05, 3.63) is 77.0 Å². The molecular weight excluding hydrogens is 524 g/mol. The van der Waals surface area contributed by atoms with Crippen molar-refractivity contribution in [2.75, 3.05) is 38.5 Å². The van der Waals surface area contributed by atoms with Crippen LogP contribution in [0.1, 0.15) is 74.5 Å². The molecule has 0 bridgehead atoms. The molecule has 0 radical (unpaired) electrons. The highest BCUT2D eigenvalue weighted by Gasteiger charge is 2.31. The second-order valence-corrected chi connectivity index (χ2v) is 12.1. The standard InChI is InChI=1S/C33H46N8O/c1-5-33(4,15-14-30-25(2)22-40(37-30)23-27-11-7-6-8-12-27)29-21-28(41-31(29)32(34)35-24-36-41)13-9-10-16-38-17-19-39(20-18-38)26(3)42/h6-8,11-12,21-22,24H,5,9-10,13-20,23H2,1-4H3,(H2,34,35,36). The van der Waals surface area contributed by atoms with E-state index in [2.05, 4.69) is 77.0 Å². The maximum absolute atomic E-state index is 11.6. The van der Waals surface area contributed by atoms with Crippen LogP contribution in [0.15, 0.2) is 48.9 Å². The molecule has 0 aliphatic carbocycles. The van der Waals surface area contributed by atoms with Crippen LogP contribution in [0.5, 0.6) is 0 Å². The Labute approximate surface area is 249 Å². The second-order valence-electron chi connectivity index (χ2n) is 12.1. The number of aromatic nitrogens is 5. The number of hydrogen-bond acceptors (Lipinski definition) is 6. The van der Waals surface area contributed by atoms with E-state index in [1.807, 2.05) is 15.5 Å². The molecule has 1 saturated heterocycles. The molecule has 0 spiro atoms. The molecule has 1 aliphatic rings. The average molecular weight is 571 g/mol. The van der Waals surface area contributed by atoms with Crippen molar-refractivity contribution in [1.29, 1.82) is 0 Å². The maximum Gasteiger partial charge on any atom is 0.219 e. The van der Waals surface area contributed by atoms with E-state index in [9.17, 15) is 4.79 Å². The van der Waals surface area contributed by atoms with Crippen molar-refractivity contribution in [3.8, 4) is 0 Å². The van der Waals surface area contributed by atoms with Gasteiger partial charge in [0.05, 0.1) is 12.2 Å². The minimum atomic E-state index is -0.0889. The number of amides is 1. The minimum absolute atomic E-state index is 0.0889. The molecule has 224 valence electrons. The summed E-state index contributed by atoms with van der Waals surface area (Å²) in [6.07, 6.45) is 9.69. The second kappa shape index (κ2) is 13.1. The lowest BCUT2D eigenvalue weighted by Crippen LogP contribution is -2.48. The Morgan fingerprint density at radius 3 is 2.55 bits per heavy atom. The van der Waals surface area contributed by atoms with Gasteiger partial charge in [-0.15, -0.1) is 0 Å². The molecule has 0 saturated carbocycles. The summed E-state index contributed by atoms with van der Waals surface area (Å²) in [5, 5.41) is 9.60. The zero-order valence-electron chi connectivity index (χ0n) is 25.7. The van der Waals surface area contributed by atoms with Crippen molar-refractivity contribution in [2.24, 2.45) is 0 Å². The summed E-state index contributed by atoms with van der Waals surface area (Å²) in [5.41, 5.74) is 13.4. The zero-order chi connectivity index (χ0) is 29.7. The predicted octanol–water partition coefficient (Wildman–Crippen LogP) is 4.65. The van der Waals surface area contributed by atoms with Gasteiger partial charge >= 0.3 is 0 Å². The Hall–Kier alpha value is -3.72. The largest absolute Gasteiger partial charge is 0.382 e. The first-order valence-electron chi connectivity index (χ1n) is 15.4.